The minimum Gasteiger partial charge on any atom is -0.447 e. The number of carbonyl (C=O) groups is 1. The van der Waals surface area contributed by atoms with E-state index in [1.165, 1.54) is 23.1 Å². The number of amides is 1. The Morgan fingerprint density at radius 1 is 1.03 bits per heavy atom. The lowest BCUT2D eigenvalue weighted by Crippen LogP contribution is -2.46. The van der Waals surface area contributed by atoms with Crippen molar-refractivity contribution >= 4 is 11.6 Å². The SMILES string of the molecule is Cc1cccc(N2CCN(Cc3nc(C(=O)NCc4ccccc4)co3)CC2)c1C. The van der Waals surface area contributed by atoms with E-state index < -0.39 is 0 Å². The zero-order valence-corrected chi connectivity index (χ0v) is 17.6. The van der Waals surface area contributed by atoms with Gasteiger partial charge in [-0.1, -0.05) is 42.5 Å². The van der Waals surface area contributed by atoms with Gasteiger partial charge in [-0.2, -0.15) is 0 Å². The van der Waals surface area contributed by atoms with Crippen molar-refractivity contribution in [3.8, 4) is 0 Å². The van der Waals surface area contributed by atoms with Gasteiger partial charge in [0.15, 0.2) is 5.69 Å². The maximum Gasteiger partial charge on any atom is 0.273 e. The van der Waals surface area contributed by atoms with Crippen molar-refractivity contribution in [1.82, 2.24) is 15.2 Å². The lowest BCUT2D eigenvalue weighted by molar-refractivity contribution is 0.0946. The van der Waals surface area contributed by atoms with Gasteiger partial charge in [-0.3, -0.25) is 9.69 Å². The molecular weight excluding hydrogens is 376 g/mol. The van der Waals surface area contributed by atoms with Crippen LogP contribution in [0.15, 0.2) is 59.2 Å². The molecule has 4 rings (SSSR count). The molecule has 6 heteroatoms. The largest absolute Gasteiger partial charge is 0.447 e. The van der Waals surface area contributed by atoms with E-state index in [9.17, 15) is 4.79 Å². The predicted octanol–water partition coefficient (Wildman–Crippen LogP) is 3.54. The van der Waals surface area contributed by atoms with Crippen molar-refractivity contribution in [2.24, 2.45) is 0 Å². The number of aryl methyl sites for hydroxylation is 1. The molecular formula is C24H28N4O2. The number of anilines is 1. The van der Waals surface area contributed by atoms with E-state index in [1.54, 1.807) is 0 Å². The number of hydrogen-bond donors (Lipinski definition) is 1. The van der Waals surface area contributed by atoms with E-state index >= 15 is 0 Å². The molecule has 0 radical (unpaired) electrons. The van der Waals surface area contributed by atoms with Crippen molar-refractivity contribution in [2.45, 2.75) is 26.9 Å². The average molecular weight is 405 g/mol. The van der Waals surface area contributed by atoms with Gasteiger partial charge < -0.3 is 14.6 Å². The number of rotatable bonds is 6. The molecule has 1 aliphatic heterocycles. The fourth-order valence-electron chi connectivity index (χ4n) is 3.77. The molecule has 1 fully saturated rings. The van der Waals surface area contributed by atoms with Crippen molar-refractivity contribution in [3.05, 3.63) is 83.1 Å². The van der Waals surface area contributed by atoms with Gasteiger partial charge in [-0.25, -0.2) is 4.98 Å². The summed E-state index contributed by atoms with van der Waals surface area (Å²) in [5.41, 5.74) is 5.38. The fraction of sp³-hybridized carbons (Fsp3) is 0.333. The van der Waals surface area contributed by atoms with Crippen LogP contribution in [0, 0.1) is 13.8 Å². The summed E-state index contributed by atoms with van der Waals surface area (Å²) in [6.45, 7) is 9.25. The number of benzene rings is 2. The third-order valence-corrected chi connectivity index (χ3v) is 5.73. The number of aromatic nitrogens is 1. The van der Waals surface area contributed by atoms with E-state index in [0.717, 1.165) is 31.7 Å². The minimum absolute atomic E-state index is 0.214. The third-order valence-electron chi connectivity index (χ3n) is 5.73. The first-order valence-electron chi connectivity index (χ1n) is 10.4. The van der Waals surface area contributed by atoms with Crippen molar-refractivity contribution in [2.75, 3.05) is 31.1 Å². The Kier molecular flexibility index (Phi) is 6.14. The highest BCUT2D eigenvalue weighted by atomic mass is 16.3. The first kappa shape index (κ1) is 20.2. The Hall–Kier alpha value is -3.12. The molecule has 2 aromatic carbocycles. The molecule has 0 spiro atoms. The van der Waals surface area contributed by atoms with Gasteiger partial charge in [0.05, 0.1) is 6.54 Å². The van der Waals surface area contributed by atoms with E-state index in [4.69, 9.17) is 4.42 Å². The summed E-state index contributed by atoms with van der Waals surface area (Å²) in [7, 11) is 0. The molecule has 1 saturated heterocycles. The van der Waals surface area contributed by atoms with Gasteiger partial charge in [0.1, 0.15) is 6.26 Å². The summed E-state index contributed by atoms with van der Waals surface area (Å²) in [5.74, 6) is 0.369. The van der Waals surface area contributed by atoms with Gasteiger partial charge in [-0.05, 0) is 36.6 Å². The van der Waals surface area contributed by atoms with Gasteiger partial charge in [0.2, 0.25) is 5.89 Å². The maximum absolute atomic E-state index is 12.3. The Morgan fingerprint density at radius 2 is 1.80 bits per heavy atom. The van der Waals surface area contributed by atoms with Crippen molar-refractivity contribution in [3.63, 3.8) is 0 Å². The van der Waals surface area contributed by atoms with Gasteiger partial charge in [-0.15, -0.1) is 0 Å². The molecule has 6 nitrogen and oxygen atoms in total. The average Bonchev–Trinajstić information content (AvgIpc) is 3.24. The monoisotopic (exact) mass is 404 g/mol. The van der Waals surface area contributed by atoms with Crippen LogP contribution in [0.25, 0.3) is 0 Å². The Labute approximate surface area is 177 Å². The second-order valence-corrected chi connectivity index (χ2v) is 7.78. The van der Waals surface area contributed by atoms with Crippen molar-refractivity contribution < 1.29 is 9.21 Å². The molecule has 0 unspecified atom stereocenters. The zero-order chi connectivity index (χ0) is 20.9. The summed E-state index contributed by atoms with van der Waals surface area (Å²) in [4.78, 5) is 21.5. The van der Waals surface area contributed by atoms with E-state index in [2.05, 4.69) is 52.1 Å². The van der Waals surface area contributed by atoms with Gasteiger partial charge >= 0.3 is 0 Å². The number of hydrogen-bond acceptors (Lipinski definition) is 5. The zero-order valence-electron chi connectivity index (χ0n) is 17.6. The molecule has 1 aromatic heterocycles. The molecule has 3 aromatic rings. The summed E-state index contributed by atoms with van der Waals surface area (Å²) in [5, 5.41) is 2.88. The van der Waals surface area contributed by atoms with Crippen LogP contribution in [0.1, 0.15) is 33.1 Å². The lowest BCUT2D eigenvalue weighted by Gasteiger charge is -2.36. The molecule has 0 atom stereocenters. The van der Waals surface area contributed by atoms with Crippen LogP contribution in [0.2, 0.25) is 0 Å². The summed E-state index contributed by atoms with van der Waals surface area (Å²) in [6, 6.07) is 16.3. The van der Waals surface area contributed by atoms with E-state index in [1.807, 2.05) is 30.3 Å². The van der Waals surface area contributed by atoms with Crippen LogP contribution in [0.5, 0.6) is 0 Å². The quantitative estimate of drug-likeness (QED) is 0.681. The summed E-state index contributed by atoms with van der Waals surface area (Å²) in [6.07, 6.45) is 1.45. The van der Waals surface area contributed by atoms with Crippen LogP contribution < -0.4 is 10.2 Å². The van der Waals surface area contributed by atoms with E-state index in [0.29, 0.717) is 24.7 Å². The molecule has 0 bridgehead atoms. The Balaban J connectivity index is 1.28. The minimum atomic E-state index is -0.214. The molecule has 1 N–H and O–H groups in total. The second-order valence-electron chi connectivity index (χ2n) is 7.78. The standard InChI is InChI=1S/C24H28N4O2/c1-18-7-6-10-22(19(18)2)28-13-11-27(12-14-28)16-23-26-21(17-30-23)24(29)25-15-20-8-4-3-5-9-20/h3-10,17H,11-16H2,1-2H3,(H,25,29). The number of nitrogens with zero attached hydrogens (tertiary/aromatic N) is 3. The summed E-state index contributed by atoms with van der Waals surface area (Å²) >= 11 is 0. The van der Waals surface area contributed by atoms with Crippen LogP contribution >= 0.6 is 0 Å². The van der Waals surface area contributed by atoms with Crippen molar-refractivity contribution in [1.29, 1.82) is 0 Å². The molecule has 30 heavy (non-hydrogen) atoms. The predicted molar refractivity (Wildman–Crippen MR) is 118 cm³/mol. The Morgan fingerprint density at radius 3 is 2.57 bits per heavy atom. The molecule has 1 amide bonds. The lowest BCUT2D eigenvalue weighted by atomic mass is 10.1. The van der Waals surface area contributed by atoms with Gasteiger partial charge in [0, 0.05) is 38.4 Å². The Bertz CT molecular complexity index is 991. The first-order valence-corrected chi connectivity index (χ1v) is 10.4. The van der Waals surface area contributed by atoms with Crippen LogP contribution in [-0.2, 0) is 13.1 Å². The van der Waals surface area contributed by atoms with Crippen LogP contribution in [0.3, 0.4) is 0 Å². The second kappa shape index (κ2) is 9.13. The normalized spacial score (nSPS) is 14.7. The molecule has 1 aliphatic rings. The van der Waals surface area contributed by atoms with E-state index in [-0.39, 0.29) is 5.91 Å². The van der Waals surface area contributed by atoms with Crippen LogP contribution in [-0.4, -0.2) is 42.0 Å². The van der Waals surface area contributed by atoms with Gasteiger partial charge in [0.25, 0.3) is 5.91 Å². The van der Waals surface area contributed by atoms with Crippen LogP contribution in [0.4, 0.5) is 5.69 Å². The first-order chi connectivity index (χ1) is 14.6. The number of nitrogens with one attached hydrogen (secondary N) is 1. The molecule has 2 heterocycles. The third kappa shape index (κ3) is 4.71. The molecule has 156 valence electrons. The smallest absolute Gasteiger partial charge is 0.273 e. The number of oxazole rings is 1. The molecule has 0 saturated carbocycles. The molecule has 0 aliphatic carbocycles. The highest BCUT2D eigenvalue weighted by molar-refractivity contribution is 5.91. The summed E-state index contributed by atoms with van der Waals surface area (Å²) < 4.78 is 5.56. The maximum atomic E-state index is 12.3. The highest BCUT2D eigenvalue weighted by Gasteiger charge is 2.21. The topological polar surface area (TPSA) is 61.6 Å². The number of carbonyl (C=O) groups excluding carboxylic acids is 1. The fourth-order valence-corrected chi connectivity index (χ4v) is 3.77. The number of piperazine rings is 1. The highest BCUT2D eigenvalue weighted by Crippen LogP contribution is 2.24.